The fourth-order valence-corrected chi connectivity index (χ4v) is 0.440. The molecule has 0 atom stereocenters. The van der Waals surface area contributed by atoms with E-state index in [1.165, 1.54) is 32.1 Å². The Kier molecular flexibility index (Phi) is 176. The second-order valence-corrected chi connectivity index (χ2v) is 2.67. The first-order valence-corrected chi connectivity index (χ1v) is 6.24. The van der Waals surface area contributed by atoms with Crippen molar-refractivity contribution < 1.29 is 88.9 Å². The summed E-state index contributed by atoms with van der Waals surface area (Å²) in [6.45, 7) is 35.6. The topological polar surface area (TPSA) is 18.5 Å². The van der Waals surface area contributed by atoms with Crippen LogP contribution in [0.15, 0.2) is 0 Å². The minimum absolute atomic E-state index is 0. The molecule has 1 aliphatic rings. The zero-order chi connectivity index (χ0) is 17.8. The summed E-state index contributed by atoms with van der Waals surface area (Å²) in [6, 6.07) is 0. The Labute approximate surface area is 214 Å². The molecule has 0 bridgehead atoms. The molecule has 1 saturated heterocycles. The first-order chi connectivity index (χ1) is 10.1. The first-order valence-electron chi connectivity index (χ1n) is 6.24. The fraction of sp³-hybridized carbons (Fsp3) is 0.211. The van der Waals surface area contributed by atoms with Gasteiger partial charge in [0.2, 0.25) is 0 Å². The van der Waals surface area contributed by atoms with Gasteiger partial charge < -0.3 is 9.47 Å². The maximum Gasteiger partial charge on any atom is 1.00 e. The van der Waals surface area contributed by atoms with Gasteiger partial charge in [-0.15, -0.1) is 0 Å². The van der Waals surface area contributed by atoms with Gasteiger partial charge in [-0.2, -0.15) is 0 Å². The third-order valence-electron chi connectivity index (χ3n) is 0.744. The second-order valence-electron chi connectivity index (χ2n) is 2.67. The molecule has 15 radical (unpaired) electrons. The molecule has 0 aromatic heterocycles. The summed E-state index contributed by atoms with van der Waals surface area (Å²) in [4.78, 5) is 0. The summed E-state index contributed by atoms with van der Waals surface area (Å²) in [5.41, 5.74) is 0. The summed E-state index contributed by atoms with van der Waals surface area (Å²) in [6.07, 6.45) is 7.50. The normalized spacial score (nSPS) is 9.75. The standard InChI is InChI=1S/C4H8O2.5C3H5.Ce.2Li/c1-2-6-4-3-5-1;5*1-3-2;;;/h1-4H2;5*3H,1-2H2;;;/q;;;;;;;2*+1. The molecule has 2 nitrogen and oxygen atoms in total. The Morgan fingerprint density at radius 1 is 0.417 bits per heavy atom. The van der Waals surface area contributed by atoms with Gasteiger partial charge in [0.15, 0.2) is 0 Å². The molecule has 0 unspecified atom stereocenters. The smallest absolute Gasteiger partial charge is 0.377 e. The minimum Gasteiger partial charge on any atom is -0.377 e. The zero-order valence-electron chi connectivity index (χ0n) is 16.1. The molecule has 24 heavy (non-hydrogen) atoms. The van der Waals surface area contributed by atoms with E-state index in [1.54, 1.807) is 0 Å². The molecule has 0 saturated carbocycles. The van der Waals surface area contributed by atoms with Crippen molar-refractivity contribution in [1.82, 2.24) is 0 Å². The van der Waals surface area contributed by atoms with Crippen molar-refractivity contribution in [2.24, 2.45) is 0 Å². The van der Waals surface area contributed by atoms with Crippen LogP contribution in [0.3, 0.4) is 0 Å². The predicted molar refractivity (Wildman–Crippen MR) is 96.7 cm³/mol. The average Bonchev–Trinajstić information content (AvgIpc) is 2.45. The van der Waals surface area contributed by atoms with Gasteiger partial charge in [0.25, 0.3) is 0 Å². The van der Waals surface area contributed by atoms with Gasteiger partial charge in [-0.1, -0.05) is 0 Å². The van der Waals surface area contributed by atoms with Crippen LogP contribution in [0.2, 0.25) is 0 Å². The van der Waals surface area contributed by atoms with E-state index in [2.05, 4.69) is 69.2 Å². The van der Waals surface area contributed by atoms with E-state index in [0.717, 1.165) is 26.4 Å². The van der Waals surface area contributed by atoms with Crippen LogP contribution < -0.4 is 37.7 Å². The molecule has 0 spiro atoms. The Morgan fingerprint density at radius 3 is 0.542 bits per heavy atom. The zero-order valence-corrected chi connectivity index (χ0v) is 19.2. The number of ether oxygens (including phenoxy) is 2. The largest absolute Gasteiger partial charge is 1.00 e. The molecule has 1 heterocycles. The van der Waals surface area contributed by atoms with Gasteiger partial charge in [-0.05, 0) is 101 Å². The summed E-state index contributed by atoms with van der Waals surface area (Å²) in [5.74, 6) is 0. The summed E-state index contributed by atoms with van der Waals surface area (Å²) in [5, 5.41) is 0. The van der Waals surface area contributed by atoms with E-state index in [1.807, 2.05) is 0 Å². The van der Waals surface area contributed by atoms with Crippen LogP contribution in [0.5, 0.6) is 0 Å². The number of hydrogen-bond acceptors (Lipinski definition) is 2. The quantitative estimate of drug-likeness (QED) is 0.414. The first kappa shape index (κ1) is 50.3. The summed E-state index contributed by atoms with van der Waals surface area (Å²) < 4.78 is 9.89. The second kappa shape index (κ2) is 84.0. The van der Waals surface area contributed by atoms with Crippen molar-refractivity contribution in [2.75, 3.05) is 26.4 Å². The van der Waals surface area contributed by atoms with Gasteiger partial charge in [0, 0.05) is 41.7 Å². The Bertz CT molecular complexity index is 74.3. The van der Waals surface area contributed by atoms with Gasteiger partial charge >= 0.3 is 37.7 Å². The van der Waals surface area contributed by atoms with Crippen molar-refractivity contribution >= 4 is 0 Å². The van der Waals surface area contributed by atoms with E-state index in [0.29, 0.717) is 0 Å². The van der Waals surface area contributed by atoms with Crippen LogP contribution in [-0.4, -0.2) is 26.4 Å². The Morgan fingerprint density at radius 2 is 0.500 bits per heavy atom. The van der Waals surface area contributed by atoms with Crippen molar-refractivity contribution in [2.45, 2.75) is 0 Å². The molecule has 1 aliphatic heterocycles. The maximum atomic E-state index is 4.94. The molecule has 0 aliphatic carbocycles. The summed E-state index contributed by atoms with van der Waals surface area (Å²) in [7, 11) is 0. The number of hydrogen-bond donors (Lipinski definition) is 0. The molecule has 1 fully saturated rings. The van der Waals surface area contributed by atoms with E-state index in [-0.39, 0.29) is 79.5 Å². The Balaban J connectivity index is -0.0000000216. The number of rotatable bonds is 0. The Hall–Kier alpha value is 2.49. The molecule has 5 heteroatoms. The predicted octanol–water partition coefficient (Wildman–Crippen LogP) is -1.66. The maximum absolute atomic E-state index is 4.94. The van der Waals surface area contributed by atoms with Crippen molar-refractivity contribution in [3.8, 4) is 0 Å². The van der Waals surface area contributed by atoms with Crippen LogP contribution in [0.4, 0.5) is 0 Å². The van der Waals surface area contributed by atoms with Gasteiger partial charge in [0.05, 0.1) is 26.4 Å². The van der Waals surface area contributed by atoms with Crippen LogP contribution in [-0.2, 0) is 9.47 Å². The van der Waals surface area contributed by atoms with Gasteiger partial charge in [-0.3, -0.25) is 0 Å². The molecule has 0 N–H and O–H groups in total. The van der Waals surface area contributed by atoms with Crippen molar-refractivity contribution in [3.63, 3.8) is 0 Å². The molecule has 0 aromatic rings. The van der Waals surface area contributed by atoms with E-state index < -0.39 is 0 Å². The fourth-order valence-electron chi connectivity index (χ4n) is 0.440. The third-order valence-corrected chi connectivity index (χ3v) is 0.744. The van der Waals surface area contributed by atoms with Crippen LogP contribution in [0, 0.1) is 143 Å². The molecule has 0 aromatic carbocycles. The van der Waals surface area contributed by atoms with Gasteiger partial charge in [0.1, 0.15) is 0 Å². The average molecular weight is 447 g/mol. The van der Waals surface area contributed by atoms with E-state index in [4.69, 9.17) is 9.47 Å². The van der Waals surface area contributed by atoms with Crippen LogP contribution >= 0.6 is 0 Å². The molecular formula is C19H33CeLi2O2+2. The monoisotopic (exact) mass is 447 g/mol. The van der Waals surface area contributed by atoms with Crippen molar-refractivity contribution in [1.29, 1.82) is 0 Å². The molecular weight excluding hydrogens is 414 g/mol. The third kappa shape index (κ3) is 187. The molecule has 125 valence electrons. The molecule has 1 rings (SSSR count). The van der Waals surface area contributed by atoms with Crippen LogP contribution in [0.1, 0.15) is 0 Å². The van der Waals surface area contributed by atoms with Crippen molar-refractivity contribution in [3.05, 3.63) is 101 Å². The van der Waals surface area contributed by atoms with E-state index >= 15 is 0 Å². The van der Waals surface area contributed by atoms with Crippen LogP contribution in [0.25, 0.3) is 0 Å². The molecule has 0 amide bonds. The SMILES string of the molecule is C1COCCO1.[CH2][CH][CH2].[CH2][CH][CH2].[CH2][CH][CH2].[CH2][CH][CH2].[CH2][CH][CH2].[Ce].[Li+].[Li+]. The minimum atomic E-state index is 0. The van der Waals surface area contributed by atoms with Gasteiger partial charge in [-0.25, -0.2) is 0 Å². The summed E-state index contributed by atoms with van der Waals surface area (Å²) >= 11 is 0. The van der Waals surface area contributed by atoms with E-state index in [9.17, 15) is 0 Å².